The van der Waals surface area contributed by atoms with Crippen molar-refractivity contribution < 1.29 is 23.1 Å². The number of carboxylic acids is 1. The zero-order valence-electron chi connectivity index (χ0n) is 18.8. The molecule has 0 saturated carbocycles. The van der Waals surface area contributed by atoms with Gasteiger partial charge in [-0.25, -0.2) is 9.78 Å². The van der Waals surface area contributed by atoms with Gasteiger partial charge in [-0.2, -0.15) is 13.2 Å². The number of carbonyl (C=O) groups is 1. The molecule has 10 heteroatoms. The van der Waals surface area contributed by atoms with Gasteiger partial charge in [0.05, 0.1) is 11.6 Å². The van der Waals surface area contributed by atoms with Gasteiger partial charge in [-0.3, -0.25) is 9.20 Å². The van der Waals surface area contributed by atoms with Crippen molar-refractivity contribution in [3.63, 3.8) is 0 Å². The van der Waals surface area contributed by atoms with Gasteiger partial charge in [0.25, 0.3) is 5.56 Å². The first-order valence-electron chi connectivity index (χ1n) is 11.1. The Bertz CT molecular complexity index is 1300. The van der Waals surface area contributed by atoms with Crippen LogP contribution >= 0.6 is 0 Å². The topological polar surface area (TPSA) is 86.9 Å². The number of aryl methyl sites for hydroxylation is 1. The predicted molar refractivity (Wildman–Crippen MR) is 123 cm³/mol. The van der Waals surface area contributed by atoms with E-state index in [1.807, 2.05) is 0 Å². The number of nitrogens with zero attached hydrogens (tertiary/aromatic N) is 3. The Morgan fingerprint density at radius 3 is 2.50 bits per heavy atom. The van der Waals surface area contributed by atoms with Crippen LogP contribution in [0.5, 0.6) is 0 Å². The first-order valence-corrected chi connectivity index (χ1v) is 11.1. The number of anilines is 2. The molecule has 0 unspecified atom stereocenters. The minimum Gasteiger partial charge on any atom is -0.478 e. The molecule has 4 rings (SSSR count). The Labute approximate surface area is 193 Å². The molecular weight excluding hydrogens is 449 g/mol. The van der Waals surface area contributed by atoms with E-state index in [2.05, 4.69) is 10.3 Å². The molecule has 180 valence electrons. The number of rotatable bonds is 5. The van der Waals surface area contributed by atoms with E-state index in [0.717, 1.165) is 23.7 Å². The van der Waals surface area contributed by atoms with Crippen LogP contribution in [0, 0.1) is 6.92 Å². The van der Waals surface area contributed by atoms with Crippen LogP contribution in [0.4, 0.5) is 24.7 Å². The summed E-state index contributed by atoms with van der Waals surface area (Å²) in [5, 5.41) is 12.6. The van der Waals surface area contributed by atoms with Gasteiger partial charge in [0.15, 0.2) is 5.56 Å². The molecule has 0 aliphatic carbocycles. The highest BCUT2D eigenvalue weighted by molar-refractivity contribution is 5.94. The van der Waals surface area contributed by atoms with Gasteiger partial charge in [-0.1, -0.05) is 12.1 Å². The Morgan fingerprint density at radius 1 is 1.18 bits per heavy atom. The predicted octanol–water partition coefficient (Wildman–Crippen LogP) is 4.88. The van der Waals surface area contributed by atoms with Crippen molar-refractivity contribution >= 4 is 23.1 Å². The smallest absolute Gasteiger partial charge is 0.425 e. The maximum atomic E-state index is 14.0. The molecule has 1 fully saturated rings. The average molecular weight is 474 g/mol. The number of halogens is 3. The van der Waals surface area contributed by atoms with Crippen LogP contribution in [0.2, 0.25) is 0 Å². The lowest BCUT2D eigenvalue weighted by molar-refractivity contribution is -0.138. The number of hydrogen-bond donors (Lipinski definition) is 2. The summed E-state index contributed by atoms with van der Waals surface area (Å²) in [6, 6.07) is 7.55. The number of piperidine rings is 1. The lowest BCUT2D eigenvalue weighted by Gasteiger charge is -2.30. The molecule has 1 aliphatic heterocycles. The van der Waals surface area contributed by atoms with Crippen LogP contribution in [-0.2, 0) is 6.18 Å². The zero-order chi connectivity index (χ0) is 24.6. The van der Waals surface area contributed by atoms with Gasteiger partial charge in [-0.15, -0.1) is 0 Å². The molecule has 1 atom stereocenters. The highest BCUT2D eigenvalue weighted by Gasteiger charge is 2.40. The normalized spacial score (nSPS) is 15.4. The van der Waals surface area contributed by atoms with Crippen molar-refractivity contribution in [3.05, 3.63) is 69.1 Å². The van der Waals surface area contributed by atoms with Crippen LogP contribution in [0.25, 0.3) is 5.65 Å². The fraction of sp³-hybridized carbons (Fsp3) is 0.375. The fourth-order valence-corrected chi connectivity index (χ4v) is 4.40. The monoisotopic (exact) mass is 474 g/mol. The van der Waals surface area contributed by atoms with E-state index >= 15 is 0 Å². The van der Waals surface area contributed by atoms with E-state index in [9.17, 15) is 27.9 Å². The van der Waals surface area contributed by atoms with Gasteiger partial charge >= 0.3 is 12.1 Å². The van der Waals surface area contributed by atoms with E-state index in [0.29, 0.717) is 29.9 Å². The third-order valence-corrected chi connectivity index (χ3v) is 6.01. The quantitative estimate of drug-likeness (QED) is 0.548. The second-order valence-electron chi connectivity index (χ2n) is 8.54. The summed E-state index contributed by atoms with van der Waals surface area (Å²) in [7, 11) is 0. The largest absolute Gasteiger partial charge is 0.478 e. The summed E-state index contributed by atoms with van der Waals surface area (Å²) in [5.41, 5.74) is -0.842. The SMILES string of the molecule is Cc1cc([C@H](C)Nc2ccccc2C(=O)O)c2nc(N3CCCCC3)c(C(F)(F)F)c(=O)n2c1. The van der Waals surface area contributed by atoms with Crippen LogP contribution in [-0.4, -0.2) is 33.6 Å². The van der Waals surface area contributed by atoms with Crippen molar-refractivity contribution in [2.75, 3.05) is 23.3 Å². The third-order valence-electron chi connectivity index (χ3n) is 6.01. The number of hydrogen-bond acceptors (Lipinski definition) is 5. The molecule has 2 N–H and O–H groups in total. The van der Waals surface area contributed by atoms with Gasteiger partial charge in [-0.05, 0) is 56.9 Å². The summed E-state index contributed by atoms with van der Waals surface area (Å²) in [6.07, 6.45) is -1.14. The molecule has 0 radical (unpaired) electrons. The number of pyridine rings is 1. The summed E-state index contributed by atoms with van der Waals surface area (Å²) in [4.78, 5) is 30.7. The Balaban J connectivity index is 1.90. The van der Waals surface area contributed by atoms with E-state index in [4.69, 9.17) is 0 Å². The summed E-state index contributed by atoms with van der Waals surface area (Å²) in [6.45, 7) is 4.22. The molecule has 1 aromatic carbocycles. The number of carboxylic acid groups (broad SMARTS) is 1. The number of para-hydroxylation sites is 1. The van der Waals surface area contributed by atoms with Gasteiger partial charge in [0.1, 0.15) is 11.5 Å². The Hall–Kier alpha value is -3.56. The molecule has 1 aliphatic rings. The second kappa shape index (κ2) is 9.00. The van der Waals surface area contributed by atoms with Crippen molar-refractivity contribution in [2.45, 2.75) is 45.3 Å². The Morgan fingerprint density at radius 2 is 1.85 bits per heavy atom. The molecule has 0 bridgehead atoms. The van der Waals surface area contributed by atoms with Crippen LogP contribution in [0.3, 0.4) is 0 Å². The Kier molecular flexibility index (Phi) is 6.24. The van der Waals surface area contributed by atoms with Crippen molar-refractivity contribution in [2.24, 2.45) is 0 Å². The highest BCUT2D eigenvalue weighted by Crippen LogP contribution is 2.35. The number of alkyl halides is 3. The van der Waals surface area contributed by atoms with Crippen molar-refractivity contribution in [1.29, 1.82) is 0 Å². The number of nitrogens with one attached hydrogen (secondary N) is 1. The van der Waals surface area contributed by atoms with Crippen molar-refractivity contribution in [3.8, 4) is 0 Å². The van der Waals surface area contributed by atoms with Crippen molar-refractivity contribution in [1.82, 2.24) is 9.38 Å². The lowest BCUT2D eigenvalue weighted by Crippen LogP contribution is -2.37. The van der Waals surface area contributed by atoms with E-state index < -0.39 is 29.3 Å². The molecule has 2 aromatic heterocycles. The fourth-order valence-electron chi connectivity index (χ4n) is 4.40. The third kappa shape index (κ3) is 4.44. The molecule has 0 amide bonds. The minimum atomic E-state index is -4.85. The standard InChI is InChI=1S/C24H25F3N4O3/c1-14-12-17(15(2)28-18-9-5-4-8-16(18)23(33)34)20-29-21(30-10-6-3-7-11-30)19(24(25,26)27)22(32)31(20)13-14/h4-5,8-9,12-13,15,28H,3,6-7,10-11H2,1-2H3,(H,33,34)/t15-/m0/s1. The zero-order valence-corrected chi connectivity index (χ0v) is 18.8. The molecule has 7 nitrogen and oxygen atoms in total. The van der Waals surface area contributed by atoms with Crippen LogP contribution in [0.1, 0.15) is 59.3 Å². The summed E-state index contributed by atoms with van der Waals surface area (Å²) in [5.74, 6) is -1.46. The van der Waals surface area contributed by atoms with Gasteiger partial charge < -0.3 is 15.3 Å². The number of fused-ring (bicyclic) bond motifs is 1. The van der Waals surface area contributed by atoms with Gasteiger partial charge in [0.2, 0.25) is 0 Å². The van der Waals surface area contributed by atoms with Crippen LogP contribution in [0.15, 0.2) is 41.3 Å². The van der Waals surface area contributed by atoms with Crippen LogP contribution < -0.4 is 15.8 Å². The van der Waals surface area contributed by atoms with E-state index in [1.165, 1.54) is 17.2 Å². The summed E-state index contributed by atoms with van der Waals surface area (Å²) < 4.78 is 43.0. The number of aromatic nitrogens is 2. The van der Waals surface area contributed by atoms with Gasteiger partial charge in [0, 0.05) is 30.5 Å². The second-order valence-corrected chi connectivity index (χ2v) is 8.54. The van der Waals surface area contributed by atoms with E-state index in [1.54, 1.807) is 38.1 Å². The average Bonchev–Trinajstić information content (AvgIpc) is 2.78. The molecule has 34 heavy (non-hydrogen) atoms. The maximum absolute atomic E-state index is 14.0. The number of aromatic carboxylic acids is 1. The number of benzene rings is 1. The molecule has 1 saturated heterocycles. The first kappa shape index (κ1) is 23.6. The summed E-state index contributed by atoms with van der Waals surface area (Å²) >= 11 is 0. The molecule has 3 heterocycles. The van der Waals surface area contributed by atoms with E-state index in [-0.39, 0.29) is 17.0 Å². The highest BCUT2D eigenvalue weighted by atomic mass is 19.4. The first-order chi connectivity index (χ1) is 16.1. The molecule has 0 spiro atoms. The molecule has 3 aromatic rings. The minimum absolute atomic E-state index is 0.0600. The molecular formula is C24H25F3N4O3. The maximum Gasteiger partial charge on any atom is 0.425 e. The lowest BCUT2D eigenvalue weighted by atomic mass is 10.1.